The molecule has 0 saturated heterocycles. The van der Waals surface area contributed by atoms with Gasteiger partial charge in [0.1, 0.15) is 35.0 Å². The van der Waals surface area contributed by atoms with Gasteiger partial charge in [-0.15, -0.1) is 0 Å². The Morgan fingerprint density at radius 2 is 1.94 bits per heavy atom. The van der Waals surface area contributed by atoms with E-state index in [-0.39, 0.29) is 18.3 Å². The van der Waals surface area contributed by atoms with Crippen molar-refractivity contribution >= 4 is 11.3 Å². The number of hydrogen-bond acceptors (Lipinski definition) is 7. The molecule has 1 aromatic carbocycles. The number of fused-ring (bicyclic) bond motifs is 2. The fourth-order valence-electron chi connectivity index (χ4n) is 4.42. The first-order chi connectivity index (χ1) is 16.5. The third kappa shape index (κ3) is 3.51. The fraction of sp³-hybridized carbons (Fsp3) is 0.348. The summed E-state index contributed by atoms with van der Waals surface area (Å²) in [6.07, 6.45) is 3.82. The molecule has 1 aliphatic carbocycles. The van der Waals surface area contributed by atoms with Crippen LogP contribution in [0, 0.1) is 12.7 Å². The van der Waals surface area contributed by atoms with E-state index in [9.17, 15) is 13.2 Å². The largest absolute Gasteiger partial charge is 0.416 e. The highest BCUT2D eigenvalue weighted by atomic mass is 19.3. The van der Waals surface area contributed by atoms with Crippen molar-refractivity contribution < 1.29 is 17.9 Å². The Morgan fingerprint density at radius 3 is 2.71 bits per heavy atom. The maximum atomic E-state index is 14.7. The van der Waals surface area contributed by atoms with E-state index < -0.39 is 12.4 Å². The molecule has 4 aromatic rings. The summed E-state index contributed by atoms with van der Waals surface area (Å²) in [4.78, 5) is 19.9. The van der Waals surface area contributed by atoms with Gasteiger partial charge in [0.25, 0.3) is 0 Å². The van der Waals surface area contributed by atoms with Crippen LogP contribution >= 0.6 is 0 Å². The minimum atomic E-state index is -2.99. The fourth-order valence-corrected chi connectivity index (χ4v) is 4.42. The van der Waals surface area contributed by atoms with E-state index in [0.717, 1.165) is 12.8 Å². The lowest BCUT2D eigenvalue weighted by molar-refractivity contribution is -0.0538. The number of ether oxygens (including phenoxy) is 1. The molecule has 34 heavy (non-hydrogen) atoms. The maximum absolute atomic E-state index is 14.7. The molecule has 1 fully saturated rings. The van der Waals surface area contributed by atoms with Gasteiger partial charge in [0.05, 0.1) is 17.8 Å². The second-order valence-electron chi connectivity index (χ2n) is 8.47. The quantitative estimate of drug-likeness (QED) is 0.438. The van der Waals surface area contributed by atoms with Gasteiger partial charge in [0, 0.05) is 24.4 Å². The highest BCUT2D eigenvalue weighted by Gasteiger charge is 2.33. The van der Waals surface area contributed by atoms with Gasteiger partial charge in [-0.1, -0.05) is 12.1 Å². The van der Waals surface area contributed by atoms with Crippen molar-refractivity contribution in [2.24, 2.45) is 0 Å². The normalized spacial score (nSPS) is 15.7. The number of rotatable bonds is 5. The summed E-state index contributed by atoms with van der Waals surface area (Å²) in [6, 6.07) is 6.38. The molecule has 6 rings (SSSR count). The van der Waals surface area contributed by atoms with E-state index in [0.29, 0.717) is 58.5 Å². The van der Waals surface area contributed by atoms with Crippen LogP contribution in [0.2, 0.25) is 0 Å². The van der Waals surface area contributed by atoms with Crippen LogP contribution in [-0.4, -0.2) is 42.7 Å². The van der Waals surface area contributed by atoms with Crippen LogP contribution in [0.3, 0.4) is 0 Å². The first kappa shape index (κ1) is 20.8. The highest BCUT2D eigenvalue weighted by molar-refractivity contribution is 5.86. The molecule has 4 heterocycles. The molecule has 0 unspecified atom stereocenters. The van der Waals surface area contributed by atoms with Crippen LogP contribution < -0.4 is 9.64 Å². The van der Waals surface area contributed by atoms with Crippen molar-refractivity contribution in [3.63, 3.8) is 0 Å². The topological polar surface area (TPSA) is 81.3 Å². The highest BCUT2D eigenvalue weighted by Crippen LogP contribution is 2.41. The van der Waals surface area contributed by atoms with Crippen molar-refractivity contribution in [1.29, 1.82) is 0 Å². The molecular formula is C23H20F3N7O. The average molecular weight is 467 g/mol. The predicted octanol–water partition coefficient (Wildman–Crippen LogP) is 4.07. The summed E-state index contributed by atoms with van der Waals surface area (Å²) in [7, 11) is 0. The third-order valence-corrected chi connectivity index (χ3v) is 6.19. The van der Waals surface area contributed by atoms with Crippen molar-refractivity contribution in [2.45, 2.75) is 45.3 Å². The Hall–Kier alpha value is -3.76. The number of anilines is 1. The SMILES string of the molecule is Cc1nc(-c2ccccc2F)c2c(N3CCc4nc(C5CC5)nc(OC(F)F)c4C3)ncnn12. The molecular weight excluding hydrogens is 447 g/mol. The summed E-state index contributed by atoms with van der Waals surface area (Å²) in [5.41, 5.74) is 2.52. The summed E-state index contributed by atoms with van der Waals surface area (Å²) in [6.45, 7) is -0.454. The van der Waals surface area contributed by atoms with Crippen molar-refractivity contribution in [3.8, 4) is 17.1 Å². The summed E-state index contributed by atoms with van der Waals surface area (Å²) in [5, 5.41) is 4.30. The maximum Gasteiger partial charge on any atom is 0.388 e. The van der Waals surface area contributed by atoms with Crippen LogP contribution in [0.4, 0.5) is 19.0 Å². The molecule has 0 radical (unpaired) electrons. The van der Waals surface area contributed by atoms with E-state index in [1.807, 2.05) is 4.90 Å². The first-order valence-electron chi connectivity index (χ1n) is 11.0. The van der Waals surface area contributed by atoms with Gasteiger partial charge in [-0.2, -0.15) is 18.9 Å². The molecule has 3 aromatic heterocycles. The van der Waals surface area contributed by atoms with Gasteiger partial charge in [0.15, 0.2) is 5.82 Å². The minimum Gasteiger partial charge on any atom is -0.416 e. The lowest BCUT2D eigenvalue weighted by atomic mass is 10.1. The molecule has 0 N–H and O–H groups in total. The van der Waals surface area contributed by atoms with Gasteiger partial charge in [0.2, 0.25) is 5.88 Å². The van der Waals surface area contributed by atoms with E-state index in [2.05, 4.69) is 25.0 Å². The number of nitrogens with zero attached hydrogens (tertiary/aromatic N) is 7. The van der Waals surface area contributed by atoms with Crippen molar-refractivity contribution in [2.75, 3.05) is 11.4 Å². The summed E-state index contributed by atoms with van der Waals surface area (Å²) >= 11 is 0. The second-order valence-corrected chi connectivity index (χ2v) is 8.47. The Balaban J connectivity index is 1.46. The van der Waals surface area contributed by atoms with Crippen LogP contribution in [-0.2, 0) is 13.0 Å². The molecule has 174 valence electrons. The zero-order valence-electron chi connectivity index (χ0n) is 18.2. The van der Waals surface area contributed by atoms with Crippen molar-refractivity contribution in [3.05, 3.63) is 59.3 Å². The number of aromatic nitrogens is 6. The molecule has 1 aliphatic heterocycles. The van der Waals surface area contributed by atoms with Crippen LogP contribution in [0.25, 0.3) is 16.8 Å². The van der Waals surface area contributed by atoms with Crippen LogP contribution in [0.15, 0.2) is 30.6 Å². The lowest BCUT2D eigenvalue weighted by Crippen LogP contribution is -2.33. The Kier molecular flexibility index (Phi) is 4.85. The molecule has 0 atom stereocenters. The van der Waals surface area contributed by atoms with Gasteiger partial charge < -0.3 is 9.64 Å². The van der Waals surface area contributed by atoms with Crippen LogP contribution in [0.5, 0.6) is 5.88 Å². The van der Waals surface area contributed by atoms with Gasteiger partial charge in [-0.25, -0.2) is 23.9 Å². The van der Waals surface area contributed by atoms with Crippen molar-refractivity contribution in [1.82, 2.24) is 29.5 Å². The van der Waals surface area contributed by atoms with E-state index in [4.69, 9.17) is 4.74 Å². The predicted molar refractivity (Wildman–Crippen MR) is 116 cm³/mol. The number of aryl methyl sites for hydroxylation is 1. The number of imidazole rings is 1. The summed E-state index contributed by atoms with van der Waals surface area (Å²) in [5.74, 6) is 1.39. The second kappa shape index (κ2) is 7.93. The molecule has 8 nitrogen and oxygen atoms in total. The molecule has 2 aliphatic rings. The third-order valence-electron chi connectivity index (χ3n) is 6.19. The first-order valence-corrected chi connectivity index (χ1v) is 11.0. The van der Waals surface area contributed by atoms with Gasteiger partial charge in [-0.05, 0) is 31.9 Å². The zero-order chi connectivity index (χ0) is 23.4. The monoisotopic (exact) mass is 467 g/mol. The Labute approximate surface area is 192 Å². The number of benzene rings is 1. The molecule has 11 heteroatoms. The van der Waals surface area contributed by atoms with Gasteiger partial charge in [-0.3, -0.25) is 0 Å². The lowest BCUT2D eigenvalue weighted by Gasteiger charge is -2.30. The van der Waals surface area contributed by atoms with E-state index in [1.165, 1.54) is 12.4 Å². The smallest absolute Gasteiger partial charge is 0.388 e. The number of alkyl halides is 2. The van der Waals surface area contributed by atoms with E-state index >= 15 is 0 Å². The summed E-state index contributed by atoms with van der Waals surface area (Å²) < 4.78 is 47.4. The van der Waals surface area contributed by atoms with E-state index in [1.54, 1.807) is 29.6 Å². The molecule has 0 spiro atoms. The van der Waals surface area contributed by atoms with Gasteiger partial charge >= 0.3 is 6.61 Å². The molecule has 1 saturated carbocycles. The average Bonchev–Trinajstić information content (AvgIpc) is 3.62. The minimum absolute atomic E-state index is 0.0873. The Morgan fingerprint density at radius 1 is 1.12 bits per heavy atom. The zero-order valence-corrected chi connectivity index (χ0v) is 18.2. The van der Waals surface area contributed by atoms with Crippen LogP contribution in [0.1, 0.15) is 41.7 Å². The standard InChI is InChI=1S/C23H20F3N7O/c1-12-29-18(14-4-2-3-5-16(14)24)19-21(27-11-28-33(12)19)32-9-8-17-15(10-32)22(34-23(25)26)31-20(30-17)13-6-7-13/h2-5,11,13,23H,6-10H2,1H3. The number of hydrogen-bond donors (Lipinski definition) is 0. The Bertz CT molecular complexity index is 1400. The molecule has 0 amide bonds. The number of halogens is 3. The molecule has 0 bridgehead atoms.